The fourth-order valence-corrected chi connectivity index (χ4v) is 4.86. The molecule has 3 rings (SSSR count). The molecule has 0 unspecified atom stereocenters. The molecule has 0 radical (unpaired) electrons. The van der Waals surface area contributed by atoms with Crippen LogP contribution in [0.2, 0.25) is 5.02 Å². The first-order valence-electron chi connectivity index (χ1n) is 7.60. The largest absolute Gasteiger partial charge is 0.465 e. The van der Waals surface area contributed by atoms with Gasteiger partial charge in [0.05, 0.1) is 10.6 Å². The Hall–Kier alpha value is -2.29. The maximum absolute atomic E-state index is 13.1. The van der Waals surface area contributed by atoms with E-state index in [0.717, 1.165) is 5.56 Å². The lowest BCUT2D eigenvalue weighted by Crippen LogP contribution is -2.23. The third-order valence-electron chi connectivity index (χ3n) is 3.70. The Kier molecular flexibility index (Phi) is 5.36. The molecular weight excluding hydrogens is 396 g/mol. The van der Waals surface area contributed by atoms with Crippen LogP contribution >= 0.6 is 22.9 Å². The lowest BCUT2D eigenvalue weighted by molar-refractivity contribution is 0.194. The minimum Gasteiger partial charge on any atom is -0.465 e. The molecule has 0 aliphatic rings. The van der Waals surface area contributed by atoms with E-state index in [2.05, 4.69) is 5.32 Å². The average molecular weight is 411 g/mol. The molecule has 0 fully saturated rings. The minimum atomic E-state index is -3.84. The SMILES string of the molecule is O=C(O)NCCc1cc(-c2ccsc2)n(S(=O)(=O)c2cccc(Cl)c2)c1. The Morgan fingerprint density at radius 3 is 2.73 bits per heavy atom. The predicted molar refractivity (Wildman–Crippen MR) is 102 cm³/mol. The maximum Gasteiger partial charge on any atom is 0.404 e. The molecule has 0 spiro atoms. The van der Waals surface area contributed by atoms with Crippen molar-refractivity contribution in [1.82, 2.24) is 9.29 Å². The van der Waals surface area contributed by atoms with Gasteiger partial charge in [0, 0.05) is 28.7 Å². The number of carboxylic acid groups (broad SMARTS) is 1. The maximum atomic E-state index is 13.1. The number of halogens is 1. The van der Waals surface area contributed by atoms with Crippen molar-refractivity contribution in [2.24, 2.45) is 0 Å². The summed E-state index contributed by atoms with van der Waals surface area (Å²) in [5.41, 5.74) is 2.01. The van der Waals surface area contributed by atoms with Gasteiger partial charge < -0.3 is 10.4 Å². The first-order valence-corrected chi connectivity index (χ1v) is 10.4. The highest BCUT2D eigenvalue weighted by molar-refractivity contribution is 7.90. The number of rotatable bonds is 6. The number of thiophene rings is 1. The monoisotopic (exact) mass is 410 g/mol. The van der Waals surface area contributed by atoms with Crippen LogP contribution in [0.5, 0.6) is 0 Å². The molecule has 0 saturated heterocycles. The lowest BCUT2D eigenvalue weighted by Gasteiger charge is -2.10. The van der Waals surface area contributed by atoms with Crippen molar-refractivity contribution in [3.05, 3.63) is 63.9 Å². The van der Waals surface area contributed by atoms with Gasteiger partial charge in [0.15, 0.2) is 0 Å². The molecule has 26 heavy (non-hydrogen) atoms. The number of amides is 1. The number of hydrogen-bond acceptors (Lipinski definition) is 4. The van der Waals surface area contributed by atoms with Gasteiger partial charge in [-0.2, -0.15) is 11.3 Å². The van der Waals surface area contributed by atoms with Crippen LogP contribution in [0.3, 0.4) is 0 Å². The molecule has 2 heterocycles. The van der Waals surface area contributed by atoms with E-state index in [-0.39, 0.29) is 11.4 Å². The summed E-state index contributed by atoms with van der Waals surface area (Å²) in [6, 6.07) is 9.68. The van der Waals surface area contributed by atoms with E-state index < -0.39 is 16.1 Å². The van der Waals surface area contributed by atoms with Gasteiger partial charge in [0.2, 0.25) is 0 Å². The summed E-state index contributed by atoms with van der Waals surface area (Å²) in [5.74, 6) is 0. The smallest absolute Gasteiger partial charge is 0.404 e. The molecule has 0 saturated carbocycles. The molecule has 136 valence electrons. The normalized spacial score (nSPS) is 11.4. The Morgan fingerprint density at radius 1 is 1.27 bits per heavy atom. The Labute approximate surface area is 159 Å². The van der Waals surface area contributed by atoms with Crippen molar-refractivity contribution in [3.8, 4) is 11.3 Å². The van der Waals surface area contributed by atoms with E-state index in [4.69, 9.17) is 16.7 Å². The second-order valence-corrected chi connectivity index (χ2v) is 8.52. The summed E-state index contributed by atoms with van der Waals surface area (Å²) in [6.45, 7) is 0.194. The third kappa shape index (κ3) is 3.92. The van der Waals surface area contributed by atoms with Gasteiger partial charge in [-0.1, -0.05) is 17.7 Å². The van der Waals surface area contributed by atoms with Gasteiger partial charge in [-0.25, -0.2) is 17.2 Å². The third-order valence-corrected chi connectivity index (χ3v) is 6.29. The van der Waals surface area contributed by atoms with Gasteiger partial charge in [-0.05, 0) is 47.7 Å². The van der Waals surface area contributed by atoms with Crippen molar-refractivity contribution in [3.63, 3.8) is 0 Å². The number of carbonyl (C=O) groups is 1. The molecule has 0 aliphatic heterocycles. The van der Waals surface area contributed by atoms with Crippen molar-refractivity contribution >= 4 is 39.1 Å². The quantitative estimate of drug-likeness (QED) is 0.644. The standard InChI is InChI=1S/C17H15ClN2O4S2/c18-14-2-1-3-15(9-14)26(23,24)20-10-12(4-6-19-17(21)22)8-16(20)13-5-7-25-11-13/h1-3,5,7-11,19H,4,6H2,(H,21,22). The van der Waals surface area contributed by atoms with Crippen LogP contribution in [-0.4, -0.2) is 30.1 Å². The molecular formula is C17H15ClN2O4S2. The van der Waals surface area contributed by atoms with Gasteiger partial charge in [0.1, 0.15) is 0 Å². The molecule has 9 heteroatoms. The average Bonchev–Trinajstić information content (AvgIpc) is 3.24. The zero-order valence-electron chi connectivity index (χ0n) is 13.4. The minimum absolute atomic E-state index is 0.0901. The number of nitrogens with one attached hydrogen (secondary N) is 1. The van der Waals surface area contributed by atoms with E-state index in [1.54, 1.807) is 18.2 Å². The van der Waals surface area contributed by atoms with Crippen molar-refractivity contribution in [2.45, 2.75) is 11.3 Å². The van der Waals surface area contributed by atoms with E-state index in [0.29, 0.717) is 22.7 Å². The molecule has 1 aromatic carbocycles. The number of hydrogen-bond donors (Lipinski definition) is 2. The van der Waals surface area contributed by atoms with Gasteiger partial charge >= 0.3 is 6.09 Å². The number of aromatic nitrogens is 1. The van der Waals surface area contributed by atoms with Crippen LogP contribution in [-0.2, 0) is 16.4 Å². The van der Waals surface area contributed by atoms with E-state index in [9.17, 15) is 13.2 Å². The first kappa shape index (κ1) is 18.5. The van der Waals surface area contributed by atoms with E-state index >= 15 is 0 Å². The van der Waals surface area contributed by atoms with Crippen LogP contribution in [0.1, 0.15) is 5.56 Å². The summed E-state index contributed by atoms with van der Waals surface area (Å²) in [7, 11) is -3.84. The fraction of sp³-hybridized carbons (Fsp3) is 0.118. The Bertz CT molecular complexity index is 1030. The van der Waals surface area contributed by atoms with E-state index in [1.807, 2.05) is 16.8 Å². The Morgan fingerprint density at radius 2 is 2.08 bits per heavy atom. The molecule has 3 aromatic rings. The second-order valence-electron chi connectivity index (χ2n) is 5.49. The fourth-order valence-electron chi connectivity index (χ4n) is 2.51. The van der Waals surface area contributed by atoms with Crippen LogP contribution in [0, 0.1) is 0 Å². The summed E-state index contributed by atoms with van der Waals surface area (Å²) < 4.78 is 27.4. The molecule has 6 nitrogen and oxygen atoms in total. The van der Waals surface area contributed by atoms with Crippen LogP contribution < -0.4 is 5.32 Å². The highest BCUT2D eigenvalue weighted by atomic mass is 35.5. The summed E-state index contributed by atoms with van der Waals surface area (Å²) in [6.07, 6.45) is 0.780. The molecule has 2 N–H and O–H groups in total. The molecule has 0 aliphatic carbocycles. The van der Waals surface area contributed by atoms with Crippen molar-refractivity contribution in [2.75, 3.05) is 6.54 Å². The number of nitrogens with zero attached hydrogens (tertiary/aromatic N) is 1. The predicted octanol–water partition coefficient (Wildman–Crippen LogP) is 3.92. The highest BCUT2D eigenvalue weighted by Crippen LogP contribution is 2.29. The molecule has 0 bridgehead atoms. The van der Waals surface area contributed by atoms with E-state index in [1.165, 1.54) is 33.6 Å². The topological polar surface area (TPSA) is 88.4 Å². The molecule has 0 atom stereocenters. The lowest BCUT2D eigenvalue weighted by atomic mass is 10.2. The Balaban J connectivity index is 2.04. The molecule has 1 amide bonds. The van der Waals surface area contributed by atoms with Gasteiger partial charge in [0.25, 0.3) is 10.0 Å². The number of benzene rings is 1. The zero-order chi connectivity index (χ0) is 18.7. The van der Waals surface area contributed by atoms with Gasteiger partial charge in [-0.15, -0.1) is 0 Å². The van der Waals surface area contributed by atoms with Crippen molar-refractivity contribution < 1.29 is 18.3 Å². The van der Waals surface area contributed by atoms with Gasteiger partial charge in [-0.3, -0.25) is 0 Å². The summed E-state index contributed by atoms with van der Waals surface area (Å²) >= 11 is 7.41. The summed E-state index contributed by atoms with van der Waals surface area (Å²) in [5, 5.41) is 15.0. The zero-order valence-corrected chi connectivity index (χ0v) is 15.8. The second kappa shape index (κ2) is 7.53. The summed E-state index contributed by atoms with van der Waals surface area (Å²) in [4.78, 5) is 10.7. The molecule has 2 aromatic heterocycles. The van der Waals surface area contributed by atoms with Crippen molar-refractivity contribution in [1.29, 1.82) is 0 Å². The first-order chi connectivity index (χ1) is 12.4. The van der Waals surface area contributed by atoms with Crippen LogP contribution in [0.4, 0.5) is 4.79 Å². The highest BCUT2D eigenvalue weighted by Gasteiger charge is 2.22. The van der Waals surface area contributed by atoms with Crippen LogP contribution in [0.15, 0.2) is 58.3 Å². The van der Waals surface area contributed by atoms with Crippen LogP contribution in [0.25, 0.3) is 11.3 Å².